The number of benzene rings is 2. The van der Waals surface area contributed by atoms with Crippen molar-refractivity contribution in [1.29, 1.82) is 0 Å². The second-order valence-electron chi connectivity index (χ2n) is 8.55. The minimum Gasteiger partial charge on any atom is -0.353 e. The van der Waals surface area contributed by atoms with Crippen molar-refractivity contribution in [3.05, 3.63) is 70.0 Å². The van der Waals surface area contributed by atoms with Gasteiger partial charge in [-0.05, 0) is 68.1 Å². The largest absolute Gasteiger partial charge is 0.353 e. The third kappa shape index (κ3) is 9.51. The Balaban J connectivity index is 1.22. The van der Waals surface area contributed by atoms with E-state index in [1.807, 2.05) is 0 Å². The number of carbonyl (C=O) groups is 2. The Labute approximate surface area is 215 Å². The number of para-hydroxylation sites is 1. The number of unbranched alkanes of at least 4 members (excludes halogenated alkanes) is 2. The molecule has 0 atom stereocenters. The molecule has 3 rings (SSSR count). The maximum Gasteiger partial charge on any atom is 0.319 e. The van der Waals surface area contributed by atoms with E-state index in [0.717, 1.165) is 57.3 Å². The first-order chi connectivity index (χ1) is 16.9. The average Bonchev–Trinajstić information content (AvgIpc) is 2.84. The van der Waals surface area contributed by atoms with Crippen LogP contribution in [-0.2, 0) is 4.79 Å². The van der Waals surface area contributed by atoms with E-state index in [0.29, 0.717) is 16.6 Å². The molecule has 0 aromatic heterocycles. The molecular weight excluding hydrogens is 490 g/mol. The van der Waals surface area contributed by atoms with E-state index in [4.69, 9.17) is 23.2 Å². The van der Waals surface area contributed by atoms with Gasteiger partial charge in [0, 0.05) is 31.8 Å². The van der Waals surface area contributed by atoms with Crippen LogP contribution in [0.2, 0.25) is 10.0 Å². The number of anilines is 1. The van der Waals surface area contributed by atoms with Crippen molar-refractivity contribution >= 4 is 46.9 Å². The Bertz CT molecular complexity index is 1030. The van der Waals surface area contributed by atoms with Crippen LogP contribution in [0.15, 0.2) is 48.5 Å². The van der Waals surface area contributed by atoms with Gasteiger partial charge >= 0.3 is 6.03 Å². The number of nitrogens with one attached hydrogen (secondary N) is 3. The van der Waals surface area contributed by atoms with Crippen LogP contribution in [0.3, 0.4) is 0 Å². The van der Waals surface area contributed by atoms with Crippen molar-refractivity contribution in [2.24, 2.45) is 0 Å². The lowest BCUT2D eigenvalue weighted by atomic mass is 10.0. The monoisotopic (exact) mass is 520 g/mol. The van der Waals surface area contributed by atoms with Gasteiger partial charge in [-0.1, -0.05) is 47.8 Å². The van der Waals surface area contributed by atoms with Gasteiger partial charge in [-0.3, -0.25) is 4.79 Å². The molecule has 3 amide bonds. The summed E-state index contributed by atoms with van der Waals surface area (Å²) in [5, 5.41) is 9.34. The quantitative estimate of drug-likeness (QED) is 0.277. The highest BCUT2D eigenvalue weighted by Gasteiger charge is 2.20. The predicted molar refractivity (Wildman–Crippen MR) is 140 cm³/mol. The molecule has 0 aliphatic carbocycles. The van der Waals surface area contributed by atoms with Gasteiger partial charge in [0.1, 0.15) is 5.82 Å². The second-order valence-corrected chi connectivity index (χ2v) is 9.37. The SMILES string of the molecule is O=C(/C=C/c1ccc(Cl)c(Cl)c1)NCCCCCN1CCC(NC(=O)Nc2ccccc2F)CC1. The zero-order chi connectivity index (χ0) is 25.0. The number of amides is 3. The summed E-state index contributed by atoms with van der Waals surface area (Å²) < 4.78 is 13.7. The molecule has 2 aromatic carbocycles. The Morgan fingerprint density at radius 3 is 2.54 bits per heavy atom. The van der Waals surface area contributed by atoms with Crippen molar-refractivity contribution in [1.82, 2.24) is 15.5 Å². The summed E-state index contributed by atoms with van der Waals surface area (Å²) in [7, 11) is 0. The number of likely N-dealkylation sites (tertiary alicyclic amines) is 1. The summed E-state index contributed by atoms with van der Waals surface area (Å²) in [6.45, 7) is 3.47. The first kappa shape index (κ1) is 27.0. The Kier molecular flexibility index (Phi) is 10.8. The molecule has 0 bridgehead atoms. The highest BCUT2D eigenvalue weighted by atomic mass is 35.5. The van der Waals surface area contributed by atoms with Gasteiger partial charge in [-0.2, -0.15) is 0 Å². The van der Waals surface area contributed by atoms with Crippen LogP contribution < -0.4 is 16.0 Å². The number of carbonyl (C=O) groups excluding carboxylic acids is 2. The van der Waals surface area contributed by atoms with Crippen LogP contribution in [-0.4, -0.2) is 49.1 Å². The summed E-state index contributed by atoms with van der Waals surface area (Å²) in [6.07, 6.45) is 7.94. The number of urea groups is 1. The maximum absolute atomic E-state index is 13.7. The Morgan fingerprint density at radius 2 is 1.80 bits per heavy atom. The van der Waals surface area contributed by atoms with Crippen LogP contribution in [0.5, 0.6) is 0 Å². The lowest BCUT2D eigenvalue weighted by Crippen LogP contribution is -2.46. The molecule has 2 aromatic rings. The van der Waals surface area contributed by atoms with E-state index in [1.165, 1.54) is 18.2 Å². The maximum atomic E-state index is 13.7. The molecule has 0 saturated carbocycles. The molecule has 0 radical (unpaired) electrons. The minimum absolute atomic E-state index is 0.0881. The van der Waals surface area contributed by atoms with Gasteiger partial charge in [0.25, 0.3) is 0 Å². The number of nitrogens with zero attached hydrogens (tertiary/aromatic N) is 1. The smallest absolute Gasteiger partial charge is 0.319 e. The van der Waals surface area contributed by atoms with Crippen molar-refractivity contribution in [2.45, 2.75) is 38.1 Å². The molecule has 6 nitrogen and oxygen atoms in total. The van der Waals surface area contributed by atoms with Crippen molar-refractivity contribution in [3.8, 4) is 0 Å². The first-order valence-corrected chi connectivity index (χ1v) is 12.6. The molecule has 35 heavy (non-hydrogen) atoms. The van der Waals surface area contributed by atoms with Gasteiger partial charge in [0.05, 0.1) is 15.7 Å². The minimum atomic E-state index is -0.447. The van der Waals surface area contributed by atoms with Crippen molar-refractivity contribution < 1.29 is 14.0 Å². The van der Waals surface area contributed by atoms with Crippen molar-refractivity contribution in [2.75, 3.05) is 31.5 Å². The van der Waals surface area contributed by atoms with Crippen LogP contribution in [0.4, 0.5) is 14.9 Å². The molecule has 188 valence electrons. The summed E-state index contributed by atoms with van der Waals surface area (Å²) in [5.74, 6) is -0.582. The third-order valence-corrected chi connectivity index (χ3v) is 6.61. The summed E-state index contributed by atoms with van der Waals surface area (Å²) in [5.41, 5.74) is 1.00. The molecule has 3 N–H and O–H groups in total. The van der Waals surface area contributed by atoms with Crippen LogP contribution in [0, 0.1) is 5.82 Å². The number of piperidine rings is 1. The van der Waals surface area contributed by atoms with Crippen LogP contribution in [0.25, 0.3) is 6.08 Å². The number of rotatable bonds is 10. The fourth-order valence-corrected chi connectivity index (χ4v) is 4.21. The van der Waals surface area contributed by atoms with Crippen molar-refractivity contribution in [3.63, 3.8) is 0 Å². The Morgan fingerprint density at radius 1 is 1.03 bits per heavy atom. The van der Waals surface area contributed by atoms with Crippen LogP contribution >= 0.6 is 23.2 Å². The zero-order valence-electron chi connectivity index (χ0n) is 19.5. The number of hydrogen-bond acceptors (Lipinski definition) is 3. The van der Waals surface area contributed by atoms with E-state index < -0.39 is 5.82 Å². The lowest BCUT2D eigenvalue weighted by molar-refractivity contribution is -0.116. The highest BCUT2D eigenvalue weighted by Crippen LogP contribution is 2.23. The third-order valence-electron chi connectivity index (χ3n) is 5.87. The first-order valence-electron chi connectivity index (χ1n) is 11.9. The fraction of sp³-hybridized carbons (Fsp3) is 0.385. The Hall–Kier alpha value is -2.61. The molecule has 0 unspecified atom stereocenters. The molecule has 1 aliphatic rings. The average molecular weight is 521 g/mol. The highest BCUT2D eigenvalue weighted by molar-refractivity contribution is 6.42. The number of halogens is 3. The molecule has 1 fully saturated rings. The summed E-state index contributed by atoms with van der Waals surface area (Å²) in [4.78, 5) is 26.5. The lowest BCUT2D eigenvalue weighted by Gasteiger charge is -2.32. The topological polar surface area (TPSA) is 73.5 Å². The molecule has 1 heterocycles. The van der Waals surface area contributed by atoms with E-state index in [9.17, 15) is 14.0 Å². The number of hydrogen-bond donors (Lipinski definition) is 3. The van der Waals surface area contributed by atoms with Crippen LogP contribution in [0.1, 0.15) is 37.7 Å². The van der Waals surface area contributed by atoms with Gasteiger partial charge in [0.2, 0.25) is 5.91 Å². The predicted octanol–water partition coefficient (Wildman–Crippen LogP) is 5.72. The van der Waals surface area contributed by atoms with Gasteiger partial charge in [-0.25, -0.2) is 9.18 Å². The molecule has 0 spiro atoms. The van der Waals surface area contributed by atoms with Gasteiger partial charge < -0.3 is 20.9 Å². The van der Waals surface area contributed by atoms with E-state index in [-0.39, 0.29) is 23.7 Å². The van der Waals surface area contributed by atoms with Gasteiger partial charge in [-0.15, -0.1) is 0 Å². The standard InChI is InChI=1S/C26H31Cl2FN4O2/c27-21-10-8-19(18-22(21)28)9-11-25(34)30-14-4-1-5-15-33-16-12-20(13-17-33)31-26(35)32-24-7-3-2-6-23(24)29/h2-3,6-11,18,20H,1,4-5,12-17H2,(H,30,34)(H2,31,32,35)/b11-9+. The molecule has 1 saturated heterocycles. The summed E-state index contributed by atoms with van der Waals surface area (Å²) in [6, 6.07) is 11.1. The molecule has 1 aliphatic heterocycles. The van der Waals surface area contributed by atoms with E-state index in [2.05, 4.69) is 20.9 Å². The van der Waals surface area contributed by atoms with Gasteiger partial charge in [0.15, 0.2) is 0 Å². The molecule has 9 heteroatoms. The zero-order valence-corrected chi connectivity index (χ0v) is 21.0. The van der Waals surface area contributed by atoms with E-state index in [1.54, 1.807) is 36.4 Å². The second kappa shape index (κ2) is 14.1. The van der Waals surface area contributed by atoms with E-state index >= 15 is 0 Å². The normalized spacial score (nSPS) is 14.7. The summed E-state index contributed by atoms with van der Waals surface area (Å²) >= 11 is 11.9. The molecular formula is C26H31Cl2FN4O2. The fourth-order valence-electron chi connectivity index (χ4n) is 3.90.